The van der Waals surface area contributed by atoms with Gasteiger partial charge >= 0.3 is 0 Å². The molecule has 33 heavy (non-hydrogen) atoms. The van der Waals surface area contributed by atoms with Gasteiger partial charge in [0.25, 0.3) is 5.91 Å². The number of aryl methyl sites for hydroxylation is 1. The van der Waals surface area contributed by atoms with Crippen LogP contribution in [0.25, 0.3) is 6.08 Å². The highest BCUT2D eigenvalue weighted by atomic mass is 35.5. The number of methoxy groups -OCH3 is 1. The summed E-state index contributed by atoms with van der Waals surface area (Å²) in [5, 5.41) is 4.21. The maximum Gasteiger partial charge on any atom is 0.276 e. The van der Waals surface area contributed by atoms with Gasteiger partial charge in [0.15, 0.2) is 5.11 Å². The van der Waals surface area contributed by atoms with Gasteiger partial charge in [0.1, 0.15) is 23.8 Å². The Kier molecular flexibility index (Phi) is 8.03. The van der Waals surface area contributed by atoms with Crippen LogP contribution in [0.1, 0.15) is 55.9 Å². The van der Waals surface area contributed by atoms with E-state index in [0.717, 1.165) is 38.8 Å². The summed E-state index contributed by atoms with van der Waals surface area (Å²) in [6.45, 7) is 11.2. The molecule has 1 saturated heterocycles. The van der Waals surface area contributed by atoms with Gasteiger partial charge in [-0.25, -0.2) is 0 Å². The minimum atomic E-state index is -0.111. The zero-order valence-corrected chi connectivity index (χ0v) is 21.6. The Hall–Kier alpha value is -2.57. The molecule has 0 atom stereocenters. The van der Waals surface area contributed by atoms with Gasteiger partial charge in [-0.05, 0) is 78.0 Å². The number of nitrogens with one attached hydrogen (secondary N) is 1. The van der Waals surface area contributed by atoms with Gasteiger partial charge in [0.05, 0.1) is 7.11 Å². The summed E-state index contributed by atoms with van der Waals surface area (Å²) in [4.78, 5) is 14.4. The van der Waals surface area contributed by atoms with Crippen molar-refractivity contribution in [2.45, 2.75) is 47.1 Å². The SMILES string of the molecule is COc1ccc(/C=C2/NC(=S)N(CC(C)C)C2=O)cc1COc1cc(C)c(Cl)cc1C(C)C. The average Bonchev–Trinajstić information content (AvgIpc) is 3.01. The fourth-order valence-corrected chi connectivity index (χ4v) is 4.11. The van der Waals surface area contributed by atoms with Crippen molar-refractivity contribution < 1.29 is 14.3 Å². The van der Waals surface area contributed by atoms with Crippen LogP contribution >= 0.6 is 23.8 Å². The molecule has 5 nitrogen and oxygen atoms in total. The highest BCUT2D eigenvalue weighted by Gasteiger charge is 2.30. The van der Waals surface area contributed by atoms with Crippen LogP contribution < -0.4 is 14.8 Å². The molecular weight excluding hydrogens is 456 g/mol. The highest BCUT2D eigenvalue weighted by molar-refractivity contribution is 7.80. The molecule has 0 aromatic heterocycles. The largest absolute Gasteiger partial charge is 0.496 e. The van der Waals surface area contributed by atoms with E-state index in [1.807, 2.05) is 43.3 Å². The number of nitrogens with zero attached hydrogens (tertiary/aromatic N) is 1. The average molecular weight is 487 g/mol. The Morgan fingerprint density at radius 1 is 1.15 bits per heavy atom. The van der Waals surface area contributed by atoms with Crippen LogP contribution in [-0.4, -0.2) is 29.6 Å². The number of ether oxygens (including phenoxy) is 2. The van der Waals surface area contributed by atoms with Crippen molar-refractivity contribution in [3.05, 3.63) is 63.3 Å². The zero-order chi connectivity index (χ0) is 24.3. The molecular formula is C26H31ClN2O3S. The summed E-state index contributed by atoms with van der Waals surface area (Å²) < 4.78 is 11.8. The molecule has 1 aliphatic heterocycles. The normalized spacial score (nSPS) is 15.1. The maximum atomic E-state index is 12.8. The van der Waals surface area contributed by atoms with Crippen LogP contribution in [0.3, 0.4) is 0 Å². The Morgan fingerprint density at radius 2 is 1.88 bits per heavy atom. The van der Waals surface area contributed by atoms with Crippen LogP contribution in [0.15, 0.2) is 36.0 Å². The van der Waals surface area contributed by atoms with E-state index in [2.05, 4.69) is 33.0 Å². The molecule has 176 valence electrons. The number of hydrogen-bond acceptors (Lipinski definition) is 4. The third-order valence-corrected chi connectivity index (χ3v) is 6.15. The molecule has 1 amide bonds. The van der Waals surface area contributed by atoms with Gasteiger partial charge in [-0.15, -0.1) is 0 Å². The first kappa shape index (κ1) is 25.1. The van der Waals surface area contributed by atoms with Crippen molar-refractivity contribution in [3.8, 4) is 11.5 Å². The molecule has 0 saturated carbocycles. The molecule has 1 aliphatic rings. The Bertz CT molecular complexity index is 1100. The molecule has 7 heteroatoms. The molecule has 3 rings (SSSR count). The second kappa shape index (κ2) is 10.6. The lowest BCUT2D eigenvalue weighted by Gasteiger charge is -2.17. The second-order valence-corrected chi connectivity index (χ2v) is 9.75. The Labute approximate surface area is 206 Å². The predicted molar refractivity (Wildman–Crippen MR) is 138 cm³/mol. The molecule has 1 fully saturated rings. The van der Waals surface area contributed by atoms with Gasteiger partial charge in [-0.3, -0.25) is 9.69 Å². The van der Waals surface area contributed by atoms with Crippen molar-refractivity contribution in [1.29, 1.82) is 0 Å². The van der Waals surface area contributed by atoms with E-state index in [-0.39, 0.29) is 11.8 Å². The topological polar surface area (TPSA) is 50.8 Å². The van der Waals surface area contributed by atoms with Gasteiger partial charge < -0.3 is 14.8 Å². The number of carbonyl (C=O) groups excluding carboxylic acids is 1. The number of rotatable bonds is 8. The van der Waals surface area contributed by atoms with E-state index in [9.17, 15) is 4.79 Å². The third kappa shape index (κ3) is 5.87. The molecule has 1 heterocycles. The van der Waals surface area contributed by atoms with E-state index >= 15 is 0 Å². The number of amides is 1. The maximum absolute atomic E-state index is 12.8. The number of hydrogen-bond donors (Lipinski definition) is 1. The summed E-state index contributed by atoms with van der Waals surface area (Å²) in [6.07, 6.45) is 1.81. The standard InChI is InChI=1S/C26H31ClN2O3S/c1-15(2)13-29-25(30)22(28-26(29)33)11-18-7-8-23(31-6)19(10-18)14-32-24-9-17(5)21(27)12-20(24)16(3)4/h7-12,15-16H,13-14H2,1-6H3,(H,28,33)/b22-11+. The van der Waals surface area contributed by atoms with Crippen molar-refractivity contribution in [3.63, 3.8) is 0 Å². The number of halogens is 1. The lowest BCUT2D eigenvalue weighted by atomic mass is 10.0. The quantitative estimate of drug-likeness (QED) is 0.362. The number of benzene rings is 2. The summed E-state index contributed by atoms with van der Waals surface area (Å²) in [7, 11) is 1.63. The van der Waals surface area contributed by atoms with E-state index in [0.29, 0.717) is 29.9 Å². The molecule has 0 radical (unpaired) electrons. The summed E-state index contributed by atoms with van der Waals surface area (Å²) in [6, 6.07) is 9.70. The number of carbonyl (C=O) groups is 1. The molecule has 0 aliphatic carbocycles. The van der Waals surface area contributed by atoms with Crippen LogP contribution in [0.5, 0.6) is 11.5 Å². The monoisotopic (exact) mass is 486 g/mol. The predicted octanol–water partition coefficient (Wildman–Crippen LogP) is 6.07. The van der Waals surface area contributed by atoms with E-state index in [1.165, 1.54) is 0 Å². The van der Waals surface area contributed by atoms with Gasteiger partial charge in [0, 0.05) is 17.1 Å². The van der Waals surface area contributed by atoms with E-state index in [4.69, 9.17) is 33.3 Å². The number of thiocarbonyl (C=S) groups is 1. The molecule has 0 unspecified atom stereocenters. The zero-order valence-electron chi connectivity index (χ0n) is 20.0. The van der Waals surface area contributed by atoms with Crippen molar-refractivity contribution in [1.82, 2.24) is 10.2 Å². The minimum Gasteiger partial charge on any atom is -0.496 e. The lowest BCUT2D eigenvalue weighted by Crippen LogP contribution is -2.33. The smallest absolute Gasteiger partial charge is 0.276 e. The molecule has 1 N–H and O–H groups in total. The first-order valence-electron chi connectivity index (χ1n) is 11.0. The minimum absolute atomic E-state index is 0.111. The molecule has 0 bridgehead atoms. The van der Waals surface area contributed by atoms with Crippen molar-refractivity contribution >= 4 is 40.9 Å². The van der Waals surface area contributed by atoms with Crippen molar-refractivity contribution in [2.75, 3.05) is 13.7 Å². The molecule has 2 aromatic carbocycles. The summed E-state index contributed by atoms with van der Waals surface area (Å²) >= 11 is 11.7. The van der Waals surface area contributed by atoms with Crippen LogP contribution in [0.2, 0.25) is 5.02 Å². The Balaban J connectivity index is 1.86. The molecule has 2 aromatic rings. The first-order chi connectivity index (χ1) is 15.6. The van der Waals surface area contributed by atoms with Crippen LogP contribution in [-0.2, 0) is 11.4 Å². The molecule has 0 spiro atoms. The van der Waals surface area contributed by atoms with Crippen LogP contribution in [0.4, 0.5) is 0 Å². The summed E-state index contributed by atoms with van der Waals surface area (Å²) in [5.74, 6) is 2.01. The summed E-state index contributed by atoms with van der Waals surface area (Å²) in [5.41, 5.74) is 4.22. The van der Waals surface area contributed by atoms with Gasteiger partial charge in [0.2, 0.25) is 0 Å². The second-order valence-electron chi connectivity index (χ2n) is 8.95. The third-order valence-electron chi connectivity index (χ3n) is 5.42. The van der Waals surface area contributed by atoms with Gasteiger partial charge in [-0.2, -0.15) is 0 Å². The lowest BCUT2D eigenvalue weighted by molar-refractivity contribution is -0.122. The van der Waals surface area contributed by atoms with Crippen LogP contribution in [0, 0.1) is 12.8 Å². The van der Waals surface area contributed by atoms with E-state index < -0.39 is 0 Å². The fraction of sp³-hybridized carbons (Fsp3) is 0.385. The van der Waals surface area contributed by atoms with E-state index in [1.54, 1.807) is 12.0 Å². The van der Waals surface area contributed by atoms with Gasteiger partial charge in [-0.1, -0.05) is 45.4 Å². The van der Waals surface area contributed by atoms with Crippen molar-refractivity contribution in [2.24, 2.45) is 5.92 Å². The Morgan fingerprint density at radius 3 is 2.52 bits per heavy atom. The first-order valence-corrected chi connectivity index (χ1v) is 11.8. The fourth-order valence-electron chi connectivity index (χ4n) is 3.67. The highest BCUT2D eigenvalue weighted by Crippen LogP contribution is 2.33.